The number of carbonyl (C=O) groups is 2. The lowest BCUT2D eigenvalue weighted by Gasteiger charge is -2.64. The Hall–Kier alpha value is -2.83. The summed E-state index contributed by atoms with van der Waals surface area (Å²) in [5.41, 5.74) is 2.48. The van der Waals surface area contributed by atoms with E-state index in [-0.39, 0.29) is 30.0 Å². The number of hydrogen-bond acceptors (Lipinski definition) is 7. The van der Waals surface area contributed by atoms with Crippen molar-refractivity contribution in [3.63, 3.8) is 0 Å². The predicted octanol–water partition coefficient (Wildman–Crippen LogP) is 0.901. The minimum absolute atomic E-state index is 0.205. The fraction of sp³-hybridized carbons (Fsp3) is 0.679. The summed E-state index contributed by atoms with van der Waals surface area (Å²) < 4.78 is 31.8. The Morgan fingerprint density at radius 1 is 0.950 bits per heavy atom. The summed E-state index contributed by atoms with van der Waals surface area (Å²) in [7, 11) is 1.72. The number of halogens is 2. The summed E-state index contributed by atoms with van der Waals surface area (Å²) in [6.45, 7) is 5.74. The molecule has 5 fully saturated rings. The summed E-state index contributed by atoms with van der Waals surface area (Å²) >= 11 is 0. The number of piperazine rings is 1. The summed E-state index contributed by atoms with van der Waals surface area (Å²) in [5.74, 6) is -3.37. The number of nitrogens with one attached hydrogen (secondary N) is 2. The molecule has 0 radical (unpaired) electrons. The van der Waals surface area contributed by atoms with Crippen LogP contribution in [0.3, 0.4) is 0 Å². The van der Waals surface area contributed by atoms with Crippen LogP contribution in [0.25, 0.3) is 11.0 Å². The van der Waals surface area contributed by atoms with Gasteiger partial charge in [-0.05, 0) is 55.8 Å². The number of aryl methyl sites for hydroxylation is 1. The maximum absolute atomic E-state index is 14.3. The number of fused-ring (bicyclic) bond motifs is 1. The van der Waals surface area contributed by atoms with E-state index >= 15 is 0 Å². The van der Waals surface area contributed by atoms with E-state index in [1.165, 1.54) is 4.57 Å². The molecule has 216 valence electrons. The molecule has 1 saturated carbocycles. The van der Waals surface area contributed by atoms with Gasteiger partial charge in [0.1, 0.15) is 6.04 Å². The number of aromatic nitrogens is 2. The first-order valence-electron chi connectivity index (χ1n) is 14.5. The molecule has 40 heavy (non-hydrogen) atoms. The molecular formula is C28H37F2N7O3. The summed E-state index contributed by atoms with van der Waals surface area (Å²) in [5, 5.41) is 5.18. The van der Waals surface area contributed by atoms with Gasteiger partial charge < -0.3 is 10.2 Å². The van der Waals surface area contributed by atoms with Crippen LogP contribution in [-0.2, 0) is 16.6 Å². The number of imidazole rings is 1. The van der Waals surface area contributed by atoms with Crippen LogP contribution < -0.4 is 21.2 Å². The highest BCUT2D eigenvalue weighted by Gasteiger charge is 2.58. The number of rotatable bonds is 4. The Bertz CT molecular complexity index is 1400. The number of likely N-dealkylation sites (tertiary alicyclic amines) is 1. The molecule has 12 heteroatoms. The molecule has 7 rings (SSSR count). The molecule has 1 aromatic heterocycles. The van der Waals surface area contributed by atoms with Gasteiger partial charge in [0.05, 0.1) is 23.6 Å². The molecule has 2 unspecified atom stereocenters. The highest BCUT2D eigenvalue weighted by Crippen LogP contribution is 2.52. The molecule has 5 heterocycles. The van der Waals surface area contributed by atoms with Gasteiger partial charge in [-0.2, -0.15) is 0 Å². The summed E-state index contributed by atoms with van der Waals surface area (Å²) in [4.78, 5) is 44.1. The van der Waals surface area contributed by atoms with Crippen LogP contribution in [0.4, 0.5) is 14.5 Å². The van der Waals surface area contributed by atoms with Crippen molar-refractivity contribution in [3.8, 4) is 0 Å². The molecular weight excluding hydrogens is 520 g/mol. The van der Waals surface area contributed by atoms with Gasteiger partial charge in [0.2, 0.25) is 11.8 Å². The number of piperidine rings is 2. The highest BCUT2D eigenvalue weighted by atomic mass is 19.3. The summed E-state index contributed by atoms with van der Waals surface area (Å²) in [6, 6.07) is 5.17. The van der Waals surface area contributed by atoms with Crippen LogP contribution in [-0.4, -0.2) is 101 Å². The van der Waals surface area contributed by atoms with Crippen LogP contribution in [0.5, 0.6) is 0 Å². The van der Waals surface area contributed by atoms with Crippen LogP contribution >= 0.6 is 0 Å². The van der Waals surface area contributed by atoms with Crippen molar-refractivity contribution in [2.75, 3.05) is 57.3 Å². The number of alkyl halides is 2. The fourth-order valence-corrected chi connectivity index (χ4v) is 7.89. The number of amides is 2. The zero-order valence-corrected chi connectivity index (χ0v) is 22.9. The predicted molar refractivity (Wildman–Crippen MR) is 146 cm³/mol. The number of benzene rings is 1. The smallest absolute Gasteiger partial charge is 0.329 e. The van der Waals surface area contributed by atoms with Gasteiger partial charge in [-0.1, -0.05) is 0 Å². The molecule has 2 amide bonds. The van der Waals surface area contributed by atoms with E-state index < -0.39 is 23.9 Å². The van der Waals surface area contributed by atoms with Gasteiger partial charge in [0.25, 0.3) is 5.92 Å². The first-order valence-corrected chi connectivity index (χ1v) is 14.5. The van der Waals surface area contributed by atoms with E-state index in [0.717, 1.165) is 63.3 Å². The fourth-order valence-electron chi connectivity index (χ4n) is 7.89. The average molecular weight is 558 g/mol. The second kappa shape index (κ2) is 9.35. The molecule has 2 atom stereocenters. The Morgan fingerprint density at radius 2 is 1.70 bits per heavy atom. The third-order valence-corrected chi connectivity index (χ3v) is 10.1. The monoisotopic (exact) mass is 557 g/mol. The third-order valence-electron chi connectivity index (χ3n) is 10.1. The molecule has 5 aliphatic rings. The Morgan fingerprint density at radius 3 is 2.40 bits per heavy atom. The van der Waals surface area contributed by atoms with E-state index in [9.17, 15) is 23.2 Å². The molecule has 1 aromatic carbocycles. The lowest BCUT2D eigenvalue weighted by Crippen LogP contribution is -2.72. The molecule has 4 aliphatic heterocycles. The minimum Gasteiger partial charge on any atom is -0.369 e. The maximum atomic E-state index is 14.3. The van der Waals surface area contributed by atoms with Gasteiger partial charge in [-0.15, -0.1) is 0 Å². The Balaban J connectivity index is 0.966. The molecule has 0 bridgehead atoms. The van der Waals surface area contributed by atoms with E-state index in [2.05, 4.69) is 20.4 Å². The number of hydrogen-bond donors (Lipinski definition) is 2. The van der Waals surface area contributed by atoms with Crippen molar-refractivity contribution in [1.82, 2.24) is 29.6 Å². The Labute approximate surface area is 231 Å². The largest absolute Gasteiger partial charge is 0.369 e. The summed E-state index contributed by atoms with van der Waals surface area (Å²) in [6.07, 6.45) is 3.26. The maximum Gasteiger partial charge on any atom is 0.329 e. The van der Waals surface area contributed by atoms with Crippen LogP contribution in [0, 0.1) is 5.41 Å². The van der Waals surface area contributed by atoms with Crippen LogP contribution in [0.1, 0.15) is 38.1 Å². The van der Waals surface area contributed by atoms with Gasteiger partial charge in [0.15, 0.2) is 0 Å². The SMILES string of the molecule is Cn1c(=O)n(C2CCC(=O)NC2=O)c2ccc(N3CCN(C4CC5(C4)CN(C4CCNCC4(F)F)C5)CC3)cc21. The lowest BCUT2D eigenvalue weighted by molar-refractivity contribution is -0.180. The van der Waals surface area contributed by atoms with E-state index in [4.69, 9.17) is 0 Å². The second-order valence-corrected chi connectivity index (χ2v) is 12.6. The number of anilines is 1. The number of carbonyl (C=O) groups excluding carboxylic acids is 2. The lowest BCUT2D eigenvalue weighted by atomic mass is 9.59. The molecule has 10 nitrogen and oxygen atoms in total. The average Bonchev–Trinajstić information content (AvgIpc) is 3.13. The number of imide groups is 1. The highest BCUT2D eigenvalue weighted by molar-refractivity contribution is 6.00. The topological polar surface area (TPSA) is 94.8 Å². The van der Waals surface area contributed by atoms with Gasteiger partial charge in [0, 0.05) is 64.5 Å². The van der Waals surface area contributed by atoms with Crippen LogP contribution in [0.15, 0.2) is 23.0 Å². The Kier molecular flexibility index (Phi) is 6.10. The molecule has 2 aromatic rings. The van der Waals surface area contributed by atoms with Gasteiger partial charge in [-0.3, -0.25) is 33.8 Å². The van der Waals surface area contributed by atoms with Crippen molar-refractivity contribution in [2.45, 2.75) is 56.2 Å². The quantitative estimate of drug-likeness (QED) is 0.540. The molecule has 4 saturated heterocycles. The van der Waals surface area contributed by atoms with E-state index in [1.54, 1.807) is 11.6 Å². The number of nitrogens with zero attached hydrogens (tertiary/aromatic N) is 5. The normalized spacial score (nSPS) is 29.4. The van der Waals surface area contributed by atoms with E-state index in [1.807, 2.05) is 23.1 Å². The van der Waals surface area contributed by atoms with Crippen molar-refractivity contribution < 1.29 is 18.4 Å². The third kappa shape index (κ3) is 4.18. The zero-order valence-electron chi connectivity index (χ0n) is 22.9. The van der Waals surface area contributed by atoms with Gasteiger partial charge in [-0.25, -0.2) is 13.6 Å². The zero-order chi connectivity index (χ0) is 27.8. The minimum atomic E-state index is -2.64. The molecule has 1 aliphatic carbocycles. The molecule has 1 spiro atoms. The second-order valence-electron chi connectivity index (χ2n) is 12.6. The van der Waals surface area contributed by atoms with Crippen molar-refractivity contribution in [3.05, 3.63) is 28.7 Å². The van der Waals surface area contributed by atoms with Crippen molar-refractivity contribution >= 4 is 28.5 Å². The first-order chi connectivity index (χ1) is 19.1. The van der Waals surface area contributed by atoms with Crippen molar-refractivity contribution in [1.29, 1.82) is 0 Å². The van der Waals surface area contributed by atoms with Crippen LogP contribution in [0.2, 0.25) is 0 Å². The standard InChI is InChI=1S/C28H37F2N7O3/c1-33-22-12-18(2-3-20(22)37(26(33)40)21-4-5-24(38)32-25(21)39)34-8-10-35(11-9-34)19-13-27(14-19)16-36(17-27)23-6-7-31-15-28(23,29)30/h2-3,12,19,21,23,31H,4-11,13-17H2,1H3,(H,32,38,39). The molecule has 2 N–H and O–H groups in total. The first kappa shape index (κ1) is 26.1. The van der Waals surface area contributed by atoms with Gasteiger partial charge >= 0.3 is 5.69 Å². The van der Waals surface area contributed by atoms with Crippen molar-refractivity contribution in [2.24, 2.45) is 12.5 Å². The van der Waals surface area contributed by atoms with E-state index in [0.29, 0.717) is 30.9 Å².